The first-order chi connectivity index (χ1) is 12.3. The summed E-state index contributed by atoms with van der Waals surface area (Å²) in [7, 11) is 0. The Labute approximate surface area is 150 Å². The fourth-order valence-electron chi connectivity index (χ4n) is 3.27. The fourth-order valence-corrected chi connectivity index (χ4v) is 3.27. The zero-order chi connectivity index (χ0) is 17.5. The molecule has 0 saturated heterocycles. The Bertz CT molecular complexity index is 770. The lowest BCUT2D eigenvalue weighted by Crippen LogP contribution is -2.21. The van der Waals surface area contributed by atoms with E-state index in [1.54, 1.807) is 6.07 Å². The van der Waals surface area contributed by atoms with Gasteiger partial charge in [0, 0.05) is 17.5 Å². The number of aromatic hydroxyl groups is 1. The van der Waals surface area contributed by atoms with E-state index < -0.39 is 0 Å². The van der Waals surface area contributed by atoms with E-state index in [2.05, 4.69) is 60.8 Å². The molecule has 0 aromatic heterocycles. The molecule has 0 heterocycles. The molecule has 1 unspecified atom stereocenters. The quantitative estimate of drug-likeness (QED) is 0.618. The molecule has 0 spiro atoms. The third kappa shape index (κ3) is 4.49. The van der Waals surface area contributed by atoms with Gasteiger partial charge < -0.3 is 10.4 Å². The van der Waals surface area contributed by atoms with E-state index in [1.165, 1.54) is 11.1 Å². The highest BCUT2D eigenvalue weighted by Crippen LogP contribution is 2.33. The molecule has 3 rings (SSSR count). The minimum Gasteiger partial charge on any atom is -0.508 e. The summed E-state index contributed by atoms with van der Waals surface area (Å²) in [6.45, 7) is 3.07. The Kier molecular flexibility index (Phi) is 5.86. The molecule has 0 saturated carbocycles. The van der Waals surface area contributed by atoms with Crippen molar-refractivity contribution in [3.63, 3.8) is 0 Å². The van der Waals surface area contributed by atoms with Crippen molar-refractivity contribution in [1.29, 1.82) is 0 Å². The molecule has 0 aliphatic heterocycles. The minimum absolute atomic E-state index is 0.179. The van der Waals surface area contributed by atoms with Crippen LogP contribution in [-0.4, -0.2) is 11.7 Å². The van der Waals surface area contributed by atoms with Gasteiger partial charge in [0.05, 0.1) is 0 Å². The molecule has 0 fully saturated rings. The lowest BCUT2D eigenvalue weighted by Gasteiger charge is -2.21. The maximum Gasteiger partial charge on any atom is 0.119 e. The number of hydrogen-bond donors (Lipinski definition) is 2. The van der Waals surface area contributed by atoms with Crippen LogP contribution >= 0.6 is 0 Å². The predicted molar refractivity (Wildman–Crippen MR) is 104 cm³/mol. The molecule has 128 valence electrons. The van der Waals surface area contributed by atoms with Gasteiger partial charge in [-0.25, -0.2) is 0 Å². The summed E-state index contributed by atoms with van der Waals surface area (Å²) < 4.78 is 0. The van der Waals surface area contributed by atoms with Gasteiger partial charge in [0.2, 0.25) is 0 Å². The summed E-state index contributed by atoms with van der Waals surface area (Å²) in [6.07, 6.45) is 0.929. The van der Waals surface area contributed by atoms with Gasteiger partial charge in [-0.2, -0.15) is 0 Å². The van der Waals surface area contributed by atoms with Crippen LogP contribution in [0.5, 0.6) is 5.75 Å². The molecule has 0 bridgehead atoms. The van der Waals surface area contributed by atoms with Crippen molar-refractivity contribution in [3.05, 3.63) is 102 Å². The summed E-state index contributed by atoms with van der Waals surface area (Å²) in [6, 6.07) is 28.9. The van der Waals surface area contributed by atoms with E-state index in [4.69, 9.17) is 0 Å². The molecule has 2 nitrogen and oxygen atoms in total. The third-order valence-electron chi connectivity index (χ3n) is 4.70. The first-order valence-electron chi connectivity index (χ1n) is 8.87. The zero-order valence-electron chi connectivity index (χ0n) is 14.6. The molecule has 2 heteroatoms. The van der Waals surface area contributed by atoms with Crippen LogP contribution in [0.25, 0.3) is 0 Å². The van der Waals surface area contributed by atoms with Gasteiger partial charge in [-0.05, 0) is 37.1 Å². The Morgan fingerprint density at radius 1 is 0.760 bits per heavy atom. The van der Waals surface area contributed by atoms with Crippen molar-refractivity contribution in [2.75, 3.05) is 6.54 Å². The van der Waals surface area contributed by atoms with Gasteiger partial charge in [0.15, 0.2) is 0 Å². The molecule has 25 heavy (non-hydrogen) atoms. The van der Waals surface area contributed by atoms with E-state index in [1.807, 2.05) is 30.3 Å². The Balaban J connectivity index is 1.72. The standard InChI is InChI=1S/C23H25NO/c1-18(19-10-4-2-5-11-19)24-17-16-21(20-12-6-3-7-13-20)22-14-8-9-15-23(22)25/h2-15,18,21,24-25H,16-17H2,1H3/t18?,21-/m0/s1. The fraction of sp³-hybridized carbons (Fsp3) is 0.217. The van der Waals surface area contributed by atoms with Crippen LogP contribution in [0.15, 0.2) is 84.9 Å². The van der Waals surface area contributed by atoms with Crippen molar-refractivity contribution in [1.82, 2.24) is 5.32 Å². The second kappa shape index (κ2) is 8.50. The van der Waals surface area contributed by atoms with Crippen LogP contribution in [0.4, 0.5) is 0 Å². The molecule has 2 atom stereocenters. The largest absolute Gasteiger partial charge is 0.508 e. The maximum absolute atomic E-state index is 10.3. The van der Waals surface area contributed by atoms with Crippen molar-refractivity contribution < 1.29 is 5.11 Å². The summed E-state index contributed by atoms with van der Waals surface area (Å²) >= 11 is 0. The van der Waals surface area contributed by atoms with Crippen molar-refractivity contribution >= 4 is 0 Å². The maximum atomic E-state index is 10.3. The van der Waals surface area contributed by atoms with Crippen molar-refractivity contribution in [2.45, 2.75) is 25.3 Å². The monoisotopic (exact) mass is 331 g/mol. The summed E-state index contributed by atoms with van der Waals surface area (Å²) in [5, 5.41) is 13.9. The number of hydrogen-bond acceptors (Lipinski definition) is 2. The summed E-state index contributed by atoms with van der Waals surface area (Å²) in [5.74, 6) is 0.547. The summed E-state index contributed by atoms with van der Waals surface area (Å²) in [4.78, 5) is 0. The van der Waals surface area contributed by atoms with Crippen LogP contribution in [0, 0.1) is 0 Å². The minimum atomic E-state index is 0.179. The lowest BCUT2D eigenvalue weighted by molar-refractivity contribution is 0.459. The number of phenolic OH excluding ortho intramolecular Hbond substituents is 1. The molecular formula is C23H25NO. The molecule has 0 aliphatic rings. The van der Waals surface area contributed by atoms with Crippen molar-refractivity contribution in [2.24, 2.45) is 0 Å². The second-order valence-corrected chi connectivity index (χ2v) is 6.40. The highest BCUT2D eigenvalue weighted by atomic mass is 16.3. The molecule has 2 N–H and O–H groups in total. The number of benzene rings is 3. The first-order valence-corrected chi connectivity index (χ1v) is 8.87. The van der Waals surface area contributed by atoms with Crippen LogP contribution in [0.1, 0.15) is 42.0 Å². The van der Waals surface area contributed by atoms with Crippen LogP contribution in [-0.2, 0) is 0 Å². The van der Waals surface area contributed by atoms with Crippen LogP contribution in [0.2, 0.25) is 0 Å². The van der Waals surface area contributed by atoms with Crippen LogP contribution < -0.4 is 5.32 Å². The predicted octanol–water partition coefficient (Wildman–Crippen LogP) is 5.27. The first kappa shape index (κ1) is 17.2. The highest BCUT2D eigenvalue weighted by Gasteiger charge is 2.17. The highest BCUT2D eigenvalue weighted by molar-refractivity contribution is 5.41. The third-order valence-corrected chi connectivity index (χ3v) is 4.70. The number of phenols is 1. The topological polar surface area (TPSA) is 32.3 Å². The number of rotatable bonds is 7. The molecule has 0 amide bonds. The van der Waals surface area contributed by atoms with E-state index in [0.29, 0.717) is 11.8 Å². The van der Waals surface area contributed by atoms with Gasteiger partial charge in [0.1, 0.15) is 5.75 Å². The van der Waals surface area contributed by atoms with E-state index in [9.17, 15) is 5.11 Å². The van der Waals surface area contributed by atoms with Crippen molar-refractivity contribution in [3.8, 4) is 5.75 Å². The van der Waals surface area contributed by atoms with Crippen LogP contribution in [0.3, 0.4) is 0 Å². The SMILES string of the molecule is CC(NCC[C@@H](c1ccccc1)c1ccccc1O)c1ccccc1. The molecule has 0 aliphatic carbocycles. The molecule has 3 aromatic carbocycles. The molecule has 0 radical (unpaired) electrons. The lowest BCUT2D eigenvalue weighted by atomic mass is 9.88. The smallest absolute Gasteiger partial charge is 0.119 e. The number of nitrogens with one attached hydrogen (secondary N) is 1. The zero-order valence-corrected chi connectivity index (χ0v) is 14.6. The van der Waals surface area contributed by atoms with Gasteiger partial charge in [-0.1, -0.05) is 78.9 Å². The molecular weight excluding hydrogens is 306 g/mol. The normalized spacial score (nSPS) is 13.3. The number of para-hydroxylation sites is 1. The average molecular weight is 331 g/mol. The Morgan fingerprint density at radius 3 is 1.96 bits per heavy atom. The second-order valence-electron chi connectivity index (χ2n) is 6.40. The van der Waals surface area contributed by atoms with E-state index in [-0.39, 0.29) is 5.92 Å². The molecule has 3 aromatic rings. The van der Waals surface area contributed by atoms with Gasteiger partial charge in [-0.15, -0.1) is 0 Å². The van der Waals surface area contributed by atoms with E-state index >= 15 is 0 Å². The average Bonchev–Trinajstić information content (AvgIpc) is 2.67. The van der Waals surface area contributed by atoms with E-state index in [0.717, 1.165) is 18.5 Å². The van der Waals surface area contributed by atoms with Gasteiger partial charge in [-0.3, -0.25) is 0 Å². The van der Waals surface area contributed by atoms with Gasteiger partial charge >= 0.3 is 0 Å². The van der Waals surface area contributed by atoms with Gasteiger partial charge in [0.25, 0.3) is 0 Å². The Hall–Kier alpha value is -2.58. The summed E-state index contributed by atoms with van der Waals surface area (Å²) in [5.41, 5.74) is 3.52. The Morgan fingerprint density at radius 2 is 1.32 bits per heavy atom.